The van der Waals surface area contributed by atoms with Gasteiger partial charge in [0, 0.05) is 5.69 Å². The van der Waals surface area contributed by atoms with Crippen molar-refractivity contribution in [1.82, 2.24) is 5.32 Å². The molecule has 0 saturated carbocycles. The van der Waals surface area contributed by atoms with Gasteiger partial charge in [-0.3, -0.25) is 4.79 Å². The molecule has 2 N–H and O–H groups in total. The number of benzene rings is 1. The predicted molar refractivity (Wildman–Crippen MR) is 82.2 cm³/mol. The van der Waals surface area contributed by atoms with E-state index in [0.717, 1.165) is 38.8 Å². The lowest BCUT2D eigenvalue weighted by atomic mass is 9.74. The number of halogens is 2. The van der Waals surface area contributed by atoms with Crippen LogP contribution in [0, 0.1) is 11.2 Å². The Labute approximate surface area is 127 Å². The number of hydrogen-bond donors (Lipinski definition) is 2. The van der Waals surface area contributed by atoms with Crippen LogP contribution >= 0.6 is 15.9 Å². The first-order valence-electron chi connectivity index (χ1n) is 7.04. The van der Waals surface area contributed by atoms with Gasteiger partial charge in [-0.1, -0.05) is 13.3 Å². The van der Waals surface area contributed by atoms with E-state index in [4.69, 9.17) is 0 Å². The molecule has 1 aliphatic heterocycles. The second-order valence-electron chi connectivity index (χ2n) is 5.36. The average Bonchev–Trinajstić information content (AvgIpc) is 2.44. The van der Waals surface area contributed by atoms with Crippen LogP contribution in [-0.2, 0) is 4.79 Å². The lowest BCUT2D eigenvalue weighted by Crippen LogP contribution is -2.44. The van der Waals surface area contributed by atoms with Crippen molar-refractivity contribution in [2.24, 2.45) is 5.41 Å². The summed E-state index contributed by atoms with van der Waals surface area (Å²) >= 11 is 3.11. The van der Waals surface area contributed by atoms with Crippen LogP contribution in [0.1, 0.15) is 32.6 Å². The molecule has 1 amide bonds. The molecule has 0 radical (unpaired) electrons. The van der Waals surface area contributed by atoms with Crippen molar-refractivity contribution in [2.45, 2.75) is 32.6 Å². The summed E-state index contributed by atoms with van der Waals surface area (Å²) in [5.41, 5.74) is 0.202. The highest BCUT2D eigenvalue weighted by atomic mass is 79.9. The van der Waals surface area contributed by atoms with Crippen molar-refractivity contribution < 1.29 is 9.18 Å². The molecule has 0 aliphatic carbocycles. The second kappa shape index (κ2) is 6.68. The first kappa shape index (κ1) is 15.4. The molecule has 1 aromatic rings. The van der Waals surface area contributed by atoms with E-state index in [1.165, 1.54) is 6.07 Å². The minimum atomic E-state index is -0.363. The number of carbonyl (C=O) groups excluding carboxylic acids is 1. The van der Waals surface area contributed by atoms with Gasteiger partial charge in [0.15, 0.2) is 0 Å². The second-order valence-corrected chi connectivity index (χ2v) is 6.22. The van der Waals surface area contributed by atoms with Gasteiger partial charge in [-0.25, -0.2) is 4.39 Å². The van der Waals surface area contributed by atoms with Crippen LogP contribution in [0.15, 0.2) is 22.7 Å². The van der Waals surface area contributed by atoms with Crippen LogP contribution in [0.4, 0.5) is 10.1 Å². The minimum Gasteiger partial charge on any atom is -0.326 e. The highest BCUT2D eigenvalue weighted by Gasteiger charge is 2.38. The van der Waals surface area contributed by atoms with E-state index in [0.29, 0.717) is 10.2 Å². The number of nitrogens with one attached hydrogen (secondary N) is 2. The molecule has 0 unspecified atom stereocenters. The van der Waals surface area contributed by atoms with E-state index in [-0.39, 0.29) is 17.1 Å². The summed E-state index contributed by atoms with van der Waals surface area (Å²) in [6, 6.07) is 4.67. The molecular weight excluding hydrogens is 323 g/mol. The van der Waals surface area contributed by atoms with Gasteiger partial charge in [0.2, 0.25) is 5.91 Å². The van der Waals surface area contributed by atoms with Crippen LogP contribution in [0.5, 0.6) is 0 Å². The van der Waals surface area contributed by atoms with E-state index in [2.05, 4.69) is 33.5 Å². The molecule has 1 aromatic carbocycles. The number of piperidine rings is 1. The van der Waals surface area contributed by atoms with E-state index in [1.807, 2.05) is 0 Å². The Morgan fingerprint density at radius 1 is 1.45 bits per heavy atom. The summed E-state index contributed by atoms with van der Waals surface area (Å²) in [6.07, 6.45) is 3.53. The fourth-order valence-corrected chi connectivity index (χ4v) is 3.06. The number of carbonyl (C=O) groups is 1. The Morgan fingerprint density at radius 2 is 2.15 bits per heavy atom. The van der Waals surface area contributed by atoms with E-state index < -0.39 is 0 Å². The summed E-state index contributed by atoms with van der Waals surface area (Å²) in [7, 11) is 0. The third-order valence-corrected chi connectivity index (χ3v) is 4.59. The van der Waals surface area contributed by atoms with Crippen molar-refractivity contribution in [3.8, 4) is 0 Å². The minimum absolute atomic E-state index is 0.0163. The van der Waals surface area contributed by atoms with Gasteiger partial charge < -0.3 is 10.6 Å². The topological polar surface area (TPSA) is 41.1 Å². The number of hydrogen-bond acceptors (Lipinski definition) is 2. The molecule has 1 aliphatic rings. The lowest BCUT2D eigenvalue weighted by molar-refractivity contribution is -0.127. The summed E-state index contributed by atoms with van der Waals surface area (Å²) in [6.45, 7) is 3.82. The Kier molecular flexibility index (Phi) is 5.16. The average molecular weight is 343 g/mol. The molecule has 0 aromatic heterocycles. The first-order chi connectivity index (χ1) is 9.57. The molecule has 1 heterocycles. The van der Waals surface area contributed by atoms with Gasteiger partial charge in [-0.15, -0.1) is 0 Å². The van der Waals surface area contributed by atoms with Gasteiger partial charge in [0.05, 0.1) is 9.89 Å². The van der Waals surface area contributed by atoms with Gasteiger partial charge in [-0.05, 0) is 66.5 Å². The summed E-state index contributed by atoms with van der Waals surface area (Å²) in [5.74, 6) is -0.347. The Balaban J connectivity index is 2.13. The fourth-order valence-electron chi connectivity index (χ4n) is 2.81. The van der Waals surface area contributed by atoms with Gasteiger partial charge >= 0.3 is 0 Å². The molecule has 1 fully saturated rings. The molecule has 110 valence electrons. The lowest BCUT2D eigenvalue weighted by Gasteiger charge is -2.36. The predicted octanol–water partition coefficient (Wildman–Crippen LogP) is 3.70. The van der Waals surface area contributed by atoms with E-state index >= 15 is 0 Å². The van der Waals surface area contributed by atoms with Gasteiger partial charge in [0.25, 0.3) is 0 Å². The molecule has 0 spiro atoms. The van der Waals surface area contributed by atoms with Gasteiger partial charge in [-0.2, -0.15) is 0 Å². The maximum Gasteiger partial charge on any atom is 0.230 e. The largest absolute Gasteiger partial charge is 0.326 e. The van der Waals surface area contributed by atoms with Crippen molar-refractivity contribution in [3.63, 3.8) is 0 Å². The van der Waals surface area contributed by atoms with Crippen molar-refractivity contribution in [3.05, 3.63) is 28.5 Å². The number of anilines is 1. The zero-order valence-electron chi connectivity index (χ0n) is 11.6. The highest BCUT2D eigenvalue weighted by molar-refractivity contribution is 9.10. The maximum absolute atomic E-state index is 13.5. The standard InChI is InChI=1S/C15H20BrFN2O/c1-2-5-15(6-8-18-9-7-15)14(20)19-11-3-4-12(16)13(17)10-11/h3-4,10,18H,2,5-9H2,1H3,(H,19,20). The third-order valence-electron chi connectivity index (χ3n) is 3.95. The number of amides is 1. The summed E-state index contributed by atoms with van der Waals surface area (Å²) in [4.78, 5) is 12.6. The van der Waals surface area contributed by atoms with Crippen LogP contribution in [0.3, 0.4) is 0 Å². The smallest absolute Gasteiger partial charge is 0.230 e. The number of rotatable bonds is 4. The fraction of sp³-hybridized carbons (Fsp3) is 0.533. The van der Waals surface area contributed by atoms with Crippen LogP contribution in [-0.4, -0.2) is 19.0 Å². The molecule has 5 heteroatoms. The first-order valence-corrected chi connectivity index (χ1v) is 7.84. The molecule has 0 atom stereocenters. The Morgan fingerprint density at radius 3 is 2.75 bits per heavy atom. The van der Waals surface area contributed by atoms with Gasteiger partial charge in [0.1, 0.15) is 5.82 Å². The molecule has 0 bridgehead atoms. The monoisotopic (exact) mass is 342 g/mol. The molecule has 3 nitrogen and oxygen atoms in total. The molecular formula is C15H20BrFN2O. The maximum atomic E-state index is 13.5. The van der Waals surface area contributed by atoms with Crippen LogP contribution in [0.25, 0.3) is 0 Å². The van der Waals surface area contributed by atoms with E-state index in [1.54, 1.807) is 12.1 Å². The zero-order valence-corrected chi connectivity index (χ0v) is 13.2. The SMILES string of the molecule is CCCC1(C(=O)Nc2ccc(Br)c(F)c2)CCNCC1. The van der Waals surface area contributed by atoms with Crippen molar-refractivity contribution in [1.29, 1.82) is 0 Å². The van der Waals surface area contributed by atoms with Crippen LogP contribution in [0.2, 0.25) is 0 Å². The Bertz CT molecular complexity index is 481. The quantitative estimate of drug-likeness (QED) is 0.875. The molecule has 20 heavy (non-hydrogen) atoms. The summed E-state index contributed by atoms with van der Waals surface area (Å²) in [5, 5.41) is 6.16. The molecule has 1 saturated heterocycles. The van der Waals surface area contributed by atoms with Crippen LogP contribution < -0.4 is 10.6 Å². The molecule has 2 rings (SSSR count). The van der Waals surface area contributed by atoms with Crippen molar-refractivity contribution >= 4 is 27.5 Å². The highest BCUT2D eigenvalue weighted by Crippen LogP contribution is 2.35. The normalized spacial score (nSPS) is 17.8. The van der Waals surface area contributed by atoms with Crippen molar-refractivity contribution in [2.75, 3.05) is 18.4 Å². The Hall–Kier alpha value is -0.940. The summed E-state index contributed by atoms with van der Waals surface area (Å²) < 4.78 is 13.9. The zero-order chi connectivity index (χ0) is 14.6. The third kappa shape index (κ3) is 3.38. The van der Waals surface area contributed by atoms with E-state index in [9.17, 15) is 9.18 Å².